The van der Waals surface area contributed by atoms with E-state index in [4.69, 9.17) is 9.26 Å². The molecule has 3 aromatic carbocycles. The molecule has 1 fully saturated rings. The maximum absolute atomic E-state index is 13.0. The van der Waals surface area contributed by atoms with Gasteiger partial charge in [0.2, 0.25) is 17.6 Å². The Balaban J connectivity index is 1.14. The van der Waals surface area contributed by atoms with Gasteiger partial charge in [0.05, 0.1) is 12.2 Å². The van der Waals surface area contributed by atoms with Crippen LogP contribution in [0.2, 0.25) is 0 Å². The van der Waals surface area contributed by atoms with Crippen molar-refractivity contribution in [2.45, 2.75) is 26.3 Å². The minimum atomic E-state index is -0.0539. The summed E-state index contributed by atoms with van der Waals surface area (Å²) < 4.78 is 11.4. The van der Waals surface area contributed by atoms with Crippen LogP contribution in [0.5, 0.6) is 11.5 Å². The number of para-hydroxylation sites is 3. The van der Waals surface area contributed by atoms with Gasteiger partial charge in [-0.15, -0.1) is 0 Å². The number of nitrogens with zero attached hydrogens (tertiary/aromatic N) is 3. The van der Waals surface area contributed by atoms with Crippen LogP contribution in [0.15, 0.2) is 83.4 Å². The number of hydrogen-bond acceptors (Lipinski definition) is 6. The lowest BCUT2D eigenvalue weighted by Crippen LogP contribution is -2.37. The molecule has 7 heteroatoms. The Morgan fingerprint density at radius 1 is 1.00 bits per heavy atom. The van der Waals surface area contributed by atoms with E-state index in [0.29, 0.717) is 29.7 Å². The van der Waals surface area contributed by atoms with E-state index < -0.39 is 0 Å². The van der Waals surface area contributed by atoms with Gasteiger partial charge in [0.15, 0.2) is 5.75 Å². The molecule has 0 radical (unpaired) electrons. The van der Waals surface area contributed by atoms with Crippen molar-refractivity contribution in [3.05, 3.63) is 90.3 Å². The lowest BCUT2D eigenvalue weighted by molar-refractivity contribution is -0.121. The Bertz CT molecular complexity index is 1260. The molecule has 1 aliphatic rings. The molecular weight excluding hydrogens is 440 g/mol. The molecule has 7 nitrogen and oxygen atoms in total. The SMILES string of the molecule is Cc1ccc(-c2noc(CN3CCC(C(=O)Nc4ccccc4Oc4ccccc4)CC3)n2)cc1. The first kappa shape index (κ1) is 22.8. The minimum Gasteiger partial charge on any atom is -0.455 e. The van der Waals surface area contributed by atoms with Gasteiger partial charge in [-0.05, 0) is 57.1 Å². The number of hydrogen-bond donors (Lipinski definition) is 1. The normalized spacial score (nSPS) is 14.5. The molecule has 0 saturated carbocycles. The van der Waals surface area contributed by atoms with Gasteiger partial charge in [-0.1, -0.05) is 65.3 Å². The van der Waals surface area contributed by atoms with E-state index in [-0.39, 0.29) is 11.8 Å². The number of aromatic nitrogens is 2. The third-order valence-electron chi connectivity index (χ3n) is 6.21. The fourth-order valence-corrected chi connectivity index (χ4v) is 4.19. The molecule has 4 aromatic rings. The predicted octanol–water partition coefficient (Wildman–Crippen LogP) is 5.69. The van der Waals surface area contributed by atoms with Gasteiger partial charge in [0.1, 0.15) is 5.75 Å². The van der Waals surface area contributed by atoms with Crippen molar-refractivity contribution in [3.63, 3.8) is 0 Å². The van der Waals surface area contributed by atoms with E-state index >= 15 is 0 Å². The third kappa shape index (κ3) is 5.75. The lowest BCUT2D eigenvalue weighted by Gasteiger charge is -2.30. The molecule has 0 atom stereocenters. The lowest BCUT2D eigenvalue weighted by atomic mass is 9.96. The highest BCUT2D eigenvalue weighted by Gasteiger charge is 2.26. The number of ether oxygens (including phenoxy) is 1. The smallest absolute Gasteiger partial charge is 0.241 e. The summed E-state index contributed by atoms with van der Waals surface area (Å²) >= 11 is 0. The first-order valence-corrected chi connectivity index (χ1v) is 11.9. The van der Waals surface area contributed by atoms with Crippen LogP contribution in [0.3, 0.4) is 0 Å². The molecule has 5 rings (SSSR count). The van der Waals surface area contributed by atoms with E-state index in [2.05, 4.69) is 20.4 Å². The Hall–Kier alpha value is -3.97. The summed E-state index contributed by atoms with van der Waals surface area (Å²) in [5.74, 6) is 2.52. The average Bonchev–Trinajstić information content (AvgIpc) is 3.35. The van der Waals surface area contributed by atoms with Crippen molar-refractivity contribution in [1.29, 1.82) is 0 Å². The van der Waals surface area contributed by atoms with Crippen molar-refractivity contribution in [3.8, 4) is 22.9 Å². The number of amides is 1. The number of aryl methyl sites for hydroxylation is 1. The van der Waals surface area contributed by atoms with Crippen LogP contribution in [0.25, 0.3) is 11.4 Å². The third-order valence-corrected chi connectivity index (χ3v) is 6.21. The molecule has 0 unspecified atom stereocenters. The molecule has 2 heterocycles. The summed E-state index contributed by atoms with van der Waals surface area (Å²) in [7, 11) is 0. The maximum Gasteiger partial charge on any atom is 0.241 e. The molecule has 178 valence electrons. The molecular formula is C28H28N4O3. The fourth-order valence-electron chi connectivity index (χ4n) is 4.19. The summed E-state index contributed by atoms with van der Waals surface area (Å²) in [5.41, 5.74) is 2.81. The predicted molar refractivity (Wildman–Crippen MR) is 134 cm³/mol. The Labute approximate surface area is 204 Å². The number of piperidine rings is 1. The van der Waals surface area contributed by atoms with Crippen LogP contribution in [0, 0.1) is 12.8 Å². The number of rotatable bonds is 7. The van der Waals surface area contributed by atoms with Crippen LogP contribution in [0.1, 0.15) is 24.3 Å². The van der Waals surface area contributed by atoms with Crippen molar-refractivity contribution < 1.29 is 14.1 Å². The van der Waals surface area contributed by atoms with Crippen molar-refractivity contribution >= 4 is 11.6 Å². The zero-order valence-corrected chi connectivity index (χ0v) is 19.7. The molecule has 35 heavy (non-hydrogen) atoms. The van der Waals surface area contributed by atoms with Crippen LogP contribution in [-0.4, -0.2) is 34.0 Å². The van der Waals surface area contributed by atoms with Crippen molar-refractivity contribution in [2.75, 3.05) is 18.4 Å². The van der Waals surface area contributed by atoms with Gasteiger partial charge in [-0.2, -0.15) is 4.98 Å². The Morgan fingerprint density at radius 2 is 1.71 bits per heavy atom. The molecule has 1 aliphatic heterocycles. The largest absolute Gasteiger partial charge is 0.455 e. The highest BCUT2D eigenvalue weighted by atomic mass is 16.5. The van der Waals surface area contributed by atoms with E-state index in [1.54, 1.807) is 0 Å². The highest BCUT2D eigenvalue weighted by Crippen LogP contribution is 2.30. The standard InChI is InChI=1S/C28H28N4O3/c1-20-11-13-21(14-12-20)27-30-26(35-31-27)19-32-17-15-22(16-18-32)28(33)29-24-9-5-6-10-25(24)34-23-7-3-2-4-8-23/h2-14,22H,15-19H2,1H3,(H,29,33). The second kappa shape index (κ2) is 10.5. The van der Waals surface area contributed by atoms with E-state index in [9.17, 15) is 4.79 Å². The summed E-state index contributed by atoms with van der Waals surface area (Å²) in [6, 6.07) is 25.1. The molecule has 0 spiro atoms. The second-order valence-electron chi connectivity index (χ2n) is 8.83. The van der Waals surface area contributed by atoms with Crippen LogP contribution in [0.4, 0.5) is 5.69 Å². The Kier molecular flexibility index (Phi) is 6.86. The van der Waals surface area contributed by atoms with Crippen LogP contribution in [-0.2, 0) is 11.3 Å². The number of carbonyl (C=O) groups is 1. The van der Waals surface area contributed by atoms with Gasteiger partial charge in [0, 0.05) is 11.5 Å². The van der Waals surface area contributed by atoms with Crippen molar-refractivity contribution in [1.82, 2.24) is 15.0 Å². The summed E-state index contributed by atoms with van der Waals surface area (Å²) in [6.07, 6.45) is 1.54. The van der Waals surface area contributed by atoms with E-state index in [1.165, 1.54) is 5.56 Å². The molecule has 1 amide bonds. The molecule has 1 saturated heterocycles. The number of likely N-dealkylation sites (tertiary alicyclic amines) is 1. The van der Waals surface area contributed by atoms with Gasteiger partial charge in [-0.25, -0.2) is 0 Å². The summed E-state index contributed by atoms with van der Waals surface area (Å²) in [5, 5.41) is 7.19. The van der Waals surface area contributed by atoms with Crippen LogP contribution >= 0.6 is 0 Å². The average molecular weight is 469 g/mol. The maximum atomic E-state index is 13.0. The van der Waals surface area contributed by atoms with Gasteiger partial charge < -0.3 is 14.6 Å². The number of anilines is 1. The topological polar surface area (TPSA) is 80.5 Å². The quantitative estimate of drug-likeness (QED) is 0.375. The second-order valence-corrected chi connectivity index (χ2v) is 8.83. The molecule has 1 N–H and O–H groups in total. The summed E-state index contributed by atoms with van der Waals surface area (Å²) in [6.45, 7) is 4.22. The Morgan fingerprint density at radius 3 is 2.49 bits per heavy atom. The van der Waals surface area contributed by atoms with E-state index in [0.717, 1.165) is 37.2 Å². The zero-order valence-electron chi connectivity index (χ0n) is 19.7. The molecule has 0 bridgehead atoms. The zero-order chi connectivity index (χ0) is 24.0. The van der Waals surface area contributed by atoms with E-state index in [1.807, 2.05) is 85.8 Å². The highest BCUT2D eigenvalue weighted by molar-refractivity contribution is 5.94. The first-order chi connectivity index (χ1) is 17.1. The van der Waals surface area contributed by atoms with Crippen molar-refractivity contribution in [2.24, 2.45) is 5.92 Å². The fraction of sp³-hybridized carbons (Fsp3) is 0.250. The van der Waals surface area contributed by atoms with Crippen LogP contribution < -0.4 is 10.1 Å². The number of benzene rings is 3. The monoisotopic (exact) mass is 468 g/mol. The number of carbonyl (C=O) groups excluding carboxylic acids is 1. The molecule has 0 aliphatic carbocycles. The molecule has 1 aromatic heterocycles. The van der Waals surface area contributed by atoms with Gasteiger partial charge in [0.25, 0.3) is 0 Å². The van der Waals surface area contributed by atoms with Gasteiger partial charge in [-0.3, -0.25) is 9.69 Å². The summed E-state index contributed by atoms with van der Waals surface area (Å²) in [4.78, 5) is 19.8. The van der Waals surface area contributed by atoms with Gasteiger partial charge >= 0.3 is 0 Å². The number of nitrogens with one attached hydrogen (secondary N) is 1. The minimum absolute atomic E-state index is 0.0215. The first-order valence-electron chi connectivity index (χ1n) is 11.9.